The summed E-state index contributed by atoms with van der Waals surface area (Å²) in [6.07, 6.45) is 4.33. The smallest absolute Gasteiger partial charge is 0.0428 e. The largest absolute Gasteiger partial charge is 0.263 e. The molecule has 1 rings (SSSR count). The fourth-order valence-electron chi connectivity index (χ4n) is 0.657. The minimum Gasteiger partial charge on any atom is -0.263 e. The van der Waals surface area contributed by atoms with Gasteiger partial charge in [-0.25, -0.2) is 0 Å². The highest BCUT2D eigenvalue weighted by Gasteiger charge is 1.80. The van der Waals surface area contributed by atoms with E-state index >= 15 is 0 Å². The molecule has 1 aromatic rings. The van der Waals surface area contributed by atoms with Gasteiger partial charge in [0.1, 0.15) is 0 Å². The predicted octanol–water partition coefficient (Wildman–Crippen LogP) is 1.75. The van der Waals surface area contributed by atoms with Crippen LogP contribution in [-0.4, -0.2) is 10.7 Å². The summed E-state index contributed by atoms with van der Waals surface area (Å²) in [5, 5.41) is 0. The van der Waals surface area contributed by atoms with E-state index in [0.29, 0.717) is 0 Å². The average Bonchev–Trinajstić information content (AvgIpc) is 2.07. The van der Waals surface area contributed by atoms with Gasteiger partial charge in [0.15, 0.2) is 0 Å². The van der Waals surface area contributed by atoms with Crippen molar-refractivity contribution in [1.82, 2.24) is 4.98 Å². The summed E-state index contributed by atoms with van der Waals surface area (Å²) in [5.74, 6) is 6.78. The van der Waals surface area contributed by atoms with Crippen LogP contribution in [-0.2, 0) is 0 Å². The Hall–Kier alpha value is -0.940. The summed E-state index contributed by atoms with van der Waals surface area (Å²) >= 11 is 4.05. The maximum absolute atomic E-state index is 4.05. The number of hydrogen-bond donors (Lipinski definition) is 1. The van der Waals surface area contributed by atoms with Crippen molar-refractivity contribution in [2.45, 2.75) is 6.42 Å². The molecule has 0 atom stereocenters. The Morgan fingerprint density at radius 1 is 1.55 bits per heavy atom. The van der Waals surface area contributed by atoms with Gasteiger partial charge in [0, 0.05) is 30.1 Å². The van der Waals surface area contributed by atoms with Gasteiger partial charge in [0.05, 0.1) is 0 Å². The van der Waals surface area contributed by atoms with E-state index in [4.69, 9.17) is 0 Å². The molecule has 0 aliphatic carbocycles. The first-order chi connectivity index (χ1) is 5.43. The summed E-state index contributed by atoms with van der Waals surface area (Å²) in [7, 11) is 0. The maximum atomic E-state index is 4.05. The SMILES string of the molecule is SCCC#Cc1cccnc1. The lowest BCUT2D eigenvalue weighted by Crippen LogP contribution is -1.75. The van der Waals surface area contributed by atoms with E-state index in [0.717, 1.165) is 17.7 Å². The normalized spacial score (nSPS) is 8.45. The highest BCUT2D eigenvalue weighted by atomic mass is 32.1. The Morgan fingerprint density at radius 3 is 3.09 bits per heavy atom. The zero-order chi connectivity index (χ0) is 7.94. The van der Waals surface area contributed by atoms with Gasteiger partial charge in [0.25, 0.3) is 0 Å². The molecular weight excluding hydrogens is 154 g/mol. The number of nitrogens with zero attached hydrogens (tertiary/aromatic N) is 1. The third kappa shape index (κ3) is 3.10. The van der Waals surface area contributed by atoms with Crippen LogP contribution in [0.15, 0.2) is 24.5 Å². The standard InChI is InChI=1S/C9H9NS/c11-7-2-1-4-9-5-3-6-10-8-9/h3,5-6,8,11H,2,7H2. The van der Waals surface area contributed by atoms with Crippen LogP contribution in [0.1, 0.15) is 12.0 Å². The lowest BCUT2D eigenvalue weighted by molar-refractivity contribution is 1.29. The molecule has 56 valence electrons. The van der Waals surface area contributed by atoms with Crippen LogP contribution in [0.5, 0.6) is 0 Å². The van der Waals surface area contributed by atoms with Gasteiger partial charge in [-0.15, -0.1) is 0 Å². The number of pyridine rings is 1. The van der Waals surface area contributed by atoms with Gasteiger partial charge >= 0.3 is 0 Å². The minimum atomic E-state index is 0.813. The summed E-state index contributed by atoms with van der Waals surface area (Å²) in [4.78, 5) is 3.94. The first kappa shape index (κ1) is 8.16. The Balaban J connectivity index is 2.59. The van der Waals surface area contributed by atoms with Crippen LogP contribution >= 0.6 is 12.6 Å². The van der Waals surface area contributed by atoms with E-state index in [9.17, 15) is 0 Å². The molecule has 0 saturated heterocycles. The molecule has 0 N–H and O–H groups in total. The molecule has 0 radical (unpaired) electrons. The Kier molecular flexibility index (Phi) is 3.57. The highest BCUT2D eigenvalue weighted by Crippen LogP contribution is 1.91. The van der Waals surface area contributed by atoms with Crippen molar-refractivity contribution in [3.8, 4) is 11.8 Å². The molecule has 11 heavy (non-hydrogen) atoms. The average molecular weight is 163 g/mol. The number of hydrogen-bond acceptors (Lipinski definition) is 2. The molecule has 0 amide bonds. The van der Waals surface area contributed by atoms with Crippen molar-refractivity contribution in [3.63, 3.8) is 0 Å². The van der Waals surface area contributed by atoms with Crippen molar-refractivity contribution < 1.29 is 0 Å². The van der Waals surface area contributed by atoms with E-state index in [1.54, 1.807) is 12.4 Å². The lowest BCUT2D eigenvalue weighted by atomic mass is 10.3. The molecule has 0 spiro atoms. The lowest BCUT2D eigenvalue weighted by Gasteiger charge is -1.84. The molecule has 0 saturated carbocycles. The Labute approximate surface area is 72.3 Å². The van der Waals surface area contributed by atoms with Crippen LogP contribution in [0, 0.1) is 11.8 Å². The van der Waals surface area contributed by atoms with Crippen LogP contribution in [0.2, 0.25) is 0 Å². The zero-order valence-corrected chi connectivity index (χ0v) is 7.01. The zero-order valence-electron chi connectivity index (χ0n) is 6.12. The van der Waals surface area contributed by atoms with Crippen LogP contribution in [0.25, 0.3) is 0 Å². The number of aromatic nitrogens is 1. The minimum absolute atomic E-state index is 0.813. The van der Waals surface area contributed by atoms with Gasteiger partial charge in [-0.3, -0.25) is 4.98 Å². The predicted molar refractivity (Wildman–Crippen MR) is 49.6 cm³/mol. The summed E-state index contributed by atoms with van der Waals surface area (Å²) in [6, 6.07) is 3.82. The molecule has 1 aromatic heterocycles. The molecule has 0 unspecified atom stereocenters. The van der Waals surface area contributed by atoms with Crippen molar-refractivity contribution in [3.05, 3.63) is 30.1 Å². The molecule has 0 aromatic carbocycles. The fraction of sp³-hybridized carbons (Fsp3) is 0.222. The van der Waals surface area contributed by atoms with Gasteiger partial charge < -0.3 is 0 Å². The quantitative estimate of drug-likeness (QED) is 0.491. The fourth-order valence-corrected chi connectivity index (χ4v) is 0.769. The first-order valence-corrected chi connectivity index (χ1v) is 4.06. The summed E-state index contributed by atoms with van der Waals surface area (Å²) in [6.45, 7) is 0. The van der Waals surface area contributed by atoms with Crippen molar-refractivity contribution in [2.24, 2.45) is 0 Å². The Bertz CT molecular complexity index is 258. The summed E-state index contributed by atoms with van der Waals surface area (Å²) < 4.78 is 0. The second-order valence-corrected chi connectivity index (χ2v) is 2.46. The molecule has 1 nitrogen and oxygen atoms in total. The van der Waals surface area contributed by atoms with Crippen molar-refractivity contribution >= 4 is 12.6 Å². The molecule has 0 bridgehead atoms. The monoisotopic (exact) mass is 163 g/mol. The number of thiol groups is 1. The van der Waals surface area contributed by atoms with Gasteiger partial charge in [-0.05, 0) is 12.1 Å². The van der Waals surface area contributed by atoms with Crippen LogP contribution in [0.4, 0.5) is 0 Å². The molecule has 2 heteroatoms. The third-order valence-electron chi connectivity index (χ3n) is 1.13. The first-order valence-electron chi connectivity index (χ1n) is 3.43. The van der Waals surface area contributed by atoms with E-state index < -0.39 is 0 Å². The van der Waals surface area contributed by atoms with E-state index in [2.05, 4.69) is 29.5 Å². The van der Waals surface area contributed by atoms with Gasteiger partial charge in [-0.2, -0.15) is 12.6 Å². The van der Waals surface area contributed by atoms with Gasteiger partial charge in [0.2, 0.25) is 0 Å². The van der Waals surface area contributed by atoms with E-state index in [-0.39, 0.29) is 0 Å². The van der Waals surface area contributed by atoms with E-state index in [1.165, 1.54) is 0 Å². The molecular formula is C9H9NS. The second-order valence-electron chi connectivity index (χ2n) is 2.02. The molecule has 1 heterocycles. The molecule has 0 fully saturated rings. The molecule has 0 aliphatic heterocycles. The third-order valence-corrected chi connectivity index (χ3v) is 1.35. The number of rotatable bonds is 1. The highest BCUT2D eigenvalue weighted by molar-refractivity contribution is 7.80. The maximum Gasteiger partial charge on any atom is 0.0428 e. The van der Waals surface area contributed by atoms with Crippen molar-refractivity contribution in [2.75, 3.05) is 5.75 Å². The van der Waals surface area contributed by atoms with Crippen LogP contribution in [0.3, 0.4) is 0 Å². The van der Waals surface area contributed by atoms with Crippen molar-refractivity contribution in [1.29, 1.82) is 0 Å². The topological polar surface area (TPSA) is 12.9 Å². The Morgan fingerprint density at radius 2 is 2.45 bits per heavy atom. The summed E-state index contributed by atoms with van der Waals surface area (Å²) in [5.41, 5.74) is 0.967. The molecule has 0 aliphatic rings. The van der Waals surface area contributed by atoms with Crippen LogP contribution < -0.4 is 0 Å². The van der Waals surface area contributed by atoms with Gasteiger partial charge in [-0.1, -0.05) is 11.8 Å². The second kappa shape index (κ2) is 4.81. The van der Waals surface area contributed by atoms with E-state index in [1.807, 2.05) is 12.1 Å².